The molecule has 2 aromatic rings. The summed E-state index contributed by atoms with van der Waals surface area (Å²) in [6.07, 6.45) is -8.69. The molecule has 2 amide bonds. The molecule has 0 spiro atoms. The molecule has 1 heterocycles. The van der Waals surface area contributed by atoms with Gasteiger partial charge in [0, 0.05) is 16.0 Å². The van der Waals surface area contributed by atoms with Crippen LogP contribution >= 0.6 is 15.9 Å². The van der Waals surface area contributed by atoms with Gasteiger partial charge in [-0.05, 0) is 74.6 Å². The van der Waals surface area contributed by atoms with Crippen LogP contribution in [0.15, 0.2) is 57.6 Å². The summed E-state index contributed by atoms with van der Waals surface area (Å²) in [5, 5.41) is 31.8. The number of alkyl halides is 6. The van der Waals surface area contributed by atoms with Crippen molar-refractivity contribution in [2.24, 2.45) is 17.8 Å². The van der Waals surface area contributed by atoms with Crippen LogP contribution in [0.2, 0.25) is 0 Å². The summed E-state index contributed by atoms with van der Waals surface area (Å²) < 4.78 is 81.7. The number of amides is 2. The van der Waals surface area contributed by atoms with Gasteiger partial charge in [-0.2, -0.15) is 26.3 Å². The van der Waals surface area contributed by atoms with Gasteiger partial charge in [-0.15, -0.1) is 0 Å². The molecule has 0 radical (unpaired) electrons. The fourth-order valence-corrected chi connectivity index (χ4v) is 6.51. The van der Waals surface area contributed by atoms with Gasteiger partial charge in [-0.1, -0.05) is 40.1 Å². The van der Waals surface area contributed by atoms with Crippen molar-refractivity contribution in [2.75, 3.05) is 11.5 Å². The smallest absolute Gasteiger partial charge is 0.416 e. The second-order valence-electron chi connectivity index (χ2n) is 11.1. The summed E-state index contributed by atoms with van der Waals surface area (Å²) in [5.74, 6) is -5.45. The number of carbonyl (C=O) groups excluding carboxylic acids is 2. The molecule has 4 rings (SSSR count). The number of anilines is 1. The van der Waals surface area contributed by atoms with Crippen molar-refractivity contribution in [3.8, 4) is 5.75 Å². The van der Waals surface area contributed by atoms with Gasteiger partial charge in [0.15, 0.2) is 0 Å². The van der Waals surface area contributed by atoms with E-state index in [1.807, 2.05) is 6.92 Å². The molecule has 238 valence electrons. The van der Waals surface area contributed by atoms with E-state index in [0.717, 1.165) is 10.0 Å². The summed E-state index contributed by atoms with van der Waals surface area (Å²) >= 11 is 3.35. The Labute approximate surface area is 257 Å². The van der Waals surface area contributed by atoms with Gasteiger partial charge in [0.25, 0.3) is 0 Å². The van der Waals surface area contributed by atoms with E-state index < -0.39 is 71.4 Å². The topological polar surface area (TPSA) is 98.1 Å². The summed E-state index contributed by atoms with van der Waals surface area (Å²) in [6.45, 7) is 2.82. The lowest BCUT2D eigenvalue weighted by atomic mass is 9.68. The number of hydrogen-bond donors (Lipinski definition) is 3. The highest BCUT2D eigenvalue weighted by molar-refractivity contribution is 9.10. The van der Waals surface area contributed by atoms with Crippen molar-refractivity contribution < 1.29 is 51.3 Å². The molecule has 1 aliphatic carbocycles. The Morgan fingerprint density at radius 2 is 1.66 bits per heavy atom. The second kappa shape index (κ2) is 12.7. The summed E-state index contributed by atoms with van der Waals surface area (Å²) in [6, 6.07) is 5.51. The Bertz CT molecular complexity index is 1480. The molecule has 1 fully saturated rings. The number of aromatic hydroxyl groups is 1. The molecule has 2 aliphatic rings. The summed E-state index contributed by atoms with van der Waals surface area (Å²) in [4.78, 5) is 27.3. The van der Waals surface area contributed by atoms with E-state index >= 15 is 0 Å². The van der Waals surface area contributed by atoms with Gasteiger partial charge < -0.3 is 15.3 Å². The third-order valence-electron chi connectivity index (χ3n) is 8.26. The van der Waals surface area contributed by atoms with E-state index in [-0.39, 0.29) is 24.7 Å². The van der Waals surface area contributed by atoms with E-state index in [9.17, 15) is 51.3 Å². The average Bonchev–Trinajstić information content (AvgIpc) is 3.19. The van der Waals surface area contributed by atoms with Gasteiger partial charge in [-0.3, -0.25) is 9.59 Å². The Morgan fingerprint density at radius 1 is 1.05 bits per heavy atom. The van der Waals surface area contributed by atoms with E-state index in [2.05, 4.69) is 15.9 Å². The third-order valence-corrected chi connectivity index (χ3v) is 8.75. The van der Waals surface area contributed by atoms with Crippen molar-refractivity contribution in [2.45, 2.75) is 58.0 Å². The lowest BCUT2D eigenvalue weighted by Gasteiger charge is -2.35. The molecule has 1 saturated heterocycles. The predicted molar refractivity (Wildman–Crippen MR) is 153 cm³/mol. The molecule has 44 heavy (non-hydrogen) atoms. The van der Waals surface area contributed by atoms with Crippen LogP contribution in [0.1, 0.15) is 56.2 Å². The zero-order valence-corrected chi connectivity index (χ0v) is 25.2. The van der Waals surface area contributed by atoms with Crippen LogP contribution in [-0.2, 0) is 21.9 Å². The first-order valence-electron chi connectivity index (χ1n) is 13.8. The molecule has 0 bridgehead atoms. The highest BCUT2D eigenvalue weighted by atomic mass is 79.9. The number of benzene rings is 2. The Hall–Kier alpha value is -3.16. The third kappa shape index (κ3) is 6.74. The fraction of sp³-hybridized carbons (Fsp3) is 0.419. The number of allylic oxidation sites excluding steroid dienone is 2. The molecular formula is C31H30BrF6NO5. The minimum Gasteiger partial charge on any atom is -0.507 e. The average molecular weight is 690 g/mol. The molecule has 1 aliphatic heterocycles. The quantitative estimate of drug-likeness (QED) is 0.154. The van der Waals surface area contributed by atoms with Gasteiger partial charge >= 0.3 is 12.4 Å². The Kier molecular flexibility index (Phi) is 9.72. The molecule has 13 heteroatoms. The molecule has 0 unspecified atom stereocenters. The fourth-order valence-electron chi connectivity index (χ4n) is 6.13. The van der Waals surface area contributed by atoms with Crippen LogP contribution in [0, 0.1) is 17.8 Å². The first kappa shape index (κ1) is 33.7. The zero-order valence-electron chi connectivity index (χ0n) is 23.6. The van der Waals surface area contributed by atoms with Crippen molar-refractivity contribution in [1.82, 2.24) is 0 Å². The monoisotopic (exact) mass is 689 g/mol. The van der Waals surface area contributed by atoms with Crippen LogP contribution in [-0.4, -0.2) is 39.8 Å². The maximum Gasteiger partial charge on any atom is 0.416 e. The maximum atomic E-state index is 13.6. The number of imide groups is 1. The number of halogens is 7. The SMILES string of the molecule is CC/C(=C\c1cc(Br)ccc1O)CC[C@@H](O)C1=C(C)C[C@H]2C(=O)N(c3cc(C(F)(F)F)cc(C(F)(F)F)c3)C(=O)[C@H]2[C@H]1CO. The van der Waals surface area contributed by atoms with E-state index in [4.69, 9.17) is 0 Å². The lowest BCUT2D eigenvalue weighted by molar-refractivity contribution is -0.143. The van der Waals surface area contributed by atoms with Gasteiger partial charge in [-0.25, -0.2) is 4.90 Å². The normalized spacial score (nSPS) is 22.1. The number of nitrogens with zero attached hydrogens (tertiary/aromatic N) is 1. The standard InChI is InChI=1S/C31H30BrF6NO5/c1-3-16(9-17-10-20(32)5-7-24(17)41)4-6-25(42)26-15(2)8-22-27(23(26)14-40)29(44)39(28(22)43)21-12-18(30(33,34)35)11-19(13-21)31(36,37)38/h5,7,9-13,22-23,25,27,40-42H,3-4,6,8,14H2,1-2H3/b16-9+/t22-,23+,25-,27-/m1/s1. The highest BCUT2D eigenvalue weighted by Crippen LogP contribution is 2.48. The number of phenolic OH excluding ortho intramolecular Hbond substituents is 1. The van der Waals surface area contributed by atoms with Crippen molar-refractivity contribution in [1.29, 1.82) is 0 Å². The number of carbonyl (C=O) groups is 2. The van der Waals surface area contributed by atoms with Crippen LogP contribution in [0.4, 0.5) is 32.0 Å². The van der Waals surface area contributed by atoms with Crippen LogP contribution in [0.5, 0.6) is 5.75 Å². The largest absolute Gasteiger partial charge is 0.507 e. The molecule has 0 aromatic heterocycles. The van der Waals surface area contributed by atoms with Gasteiger partial charge in [0.05, 0.1) is 41.4 Å². The Morgan fingerprint density at radius 3 is 2.20 bits per heavy atom. The number of fused-ring (bicyclic) bond motifs is 1. The number of phenols is 1. The lowest BCUT2D eigenvalue weighted by Crippen LogP contribution is -2.38. The first-order chi connectivity index (χ1) is 20.5. The predicted octanol–water partition coefficient (Wildman–Crippen LogP) is 7.26. The number of hydrogen-bond acceptors (Lipinski definition) is 5. The number of aliphatic hydroxyl groups excluding tert-OH is 2. The van der Waals surface area contributed by atoms with E-state index in [0.29, 0.717) is 46.6 Å². The van der Waals surface area contributed by atoms with Crippen LogP contribution < -0.4 is 4.90 Å². The summed E-state index contributed by atoms with van der Waals surface area (Å²) in [5.41, 5.74) is -1.93. The first-order valence-corrected chi connectivity index (χ1v) is 14.6. The van der Waals surface area contributed by atoms with E-state index in [1.54, 1.807) is 25.1 Å². The van der Waals surface area contributed by atoms with Gasteiger partial charge in [0.2, 0.25) is 11.8 Å². The second-order valence-corrected chi connectivity index (χ2v) is 12.0. The highest BCUT2D eigenvalue weighted by Gasteiger charge is 2.55. The van der Waals surface area contributed by atoms with Crippen LogP contribution in [0.3, 0.4) is 0 Å². The van der Waals surface area contributed by atoms with Crippen molar-refractivity contribution in [3.05, 3.63) is 74.3 Å². The zero-order chi connectivity index (χ0) is 32.7. The number of rotatable bonds is 8. The molecular weight excluding hydrogens is 660 g/mol. The molecule has 4 atom stereocenters. The molecule has 6 nitrogen and oxygen atoms in total. The molecule has 2 aromatic carbocycles. The Balaban J connectivity index is 1.63. The summed E-state index contributed by atoms with van der Waals surface area (Å²) in [7, 11) is 0. The maximum absolute atomic E-state index is 13.6. The van der Waals surface area contributed by atoms with Crippen molar-refractivity contribution in [3.63, 3.8) is 0 Å². The molecule has 0 saturated carbocycles. The van der Waals surface area contributed by atoms with E-state index in [1.165, 1.54) is 6.07 Å². The van der Waals surface area contributed by atoms with Crippen molar-refractivity contribution >= 4 is 39.5 Å². The molecule has 3 N–H and O–H groups in total. The number of aliphatic hydroxyl groups is 2. The van der Waals surface area contributed by atoms with Gasteiger partial charge in [0.1, 0.15) is 5.75 Å². The minimum atomic E-state index is -5.18. The van der Waals surface area contributed by atoms with Crippen LogP contribution in [0.25, 0.3) is 6.08 Å². The minimum absolute atomic E-state index is 0.0639.